The molecule has 0 aromatic heterocycles. The van der Waals surface area contributed by atoms with E-state index in [0.717, 1.165) is 24.8 Å². The van der Waals surface area contributed by atoms with Crippen LogP contribution in [0.4, 0.5) is 0 Å². The fraction of sp³-hybridized carbons (Fsp3) is 0.611. The minimum absolute atomic E-state index is 0. The molecule has 1 aromatic rings. The smallest absolute Gasteiger partial charge is 0.213 e. The van der Waals surface area contributed by atoms with Crippen LogP contribution in [0.5, 0.6) is 0 Å². The van der Waals surface area contributed by atoms with Crippen LogP contribution in [-0.2, 0) is 14.8 Å². The van der Waals surface area contributed by atoms with Crippen molar-refractivity contribution in [1.29, 1.82) is 0 Å². The summed E-state index contributed by atoms with van der Waals surface area (Å²) in [5.41, 5.74) is 1.06. The van der Waals surface area contributed by atoms with Gasteiger partial charge >= 0.3 is 0 Å². The number of rotatable bonds is 8. The van der Waals surface area contributed by atoms with Crippen LogP contribution < -0.4 is 15.4 Å². The summed E-state index contributed by atoms with van der Waals surface area (Å²) in [5.74, 6) is 0.513. The van der Waals surface area contributed by atoms with Crippen LogP contribution in [0.25, 0.3) is 0 Å². The number of halogens is 2. The zero-order valence-electron chi connectivity index (χ0n) is 16.3. The Bertz CT molecular complexity index is 710. The average Bonchev–Trinajstić information content (AvgIpc) is 2.67. The third-order valence-corrected chi connectivity index (χ3v) is 6.02. The lowest BCUT2D eigenvalue weighted by Crippen LogP contribution is -2.43. The SMILES string of the molecule is CN=C(NCCS(=O)(=O)NCC1CCCCO1)NC(C)c1ccc(Cl)cc1.I. The monoisotopic (exact) mass is 544 g/mol. The molecule has 3 N–H and O–H groups in total. The van der Waals surface area contributed by atoms with E-state index in [9.17, 15) is 8.42 Å². The quantitative estimate of drug-likeness (QED) is 0.266. The number of benzene rings is 1. The van der Waals surface area contributed by atoms with Crippen LogP contribution in [0.15, 0.2) is 29.3 Å². The van der Waals surface area contributed by atoms with Crippen molar-refractivity contribution >= 4 is 51.6 Å². The summed E-state index contributed by atoms with van der Waals surface area (Å²) in [7, 11) is -1.71. The number of guanidine groups is 1. The van der Waals surface area contributed by atoms with Gasteiger partial charge in [-0.15, -0.1) is 24.0 Å². The number of hydrogen-bond acceptors (Lipinski definition) is 4. The standard InChI is InChI=1S/C18H29ClN4O3S.HI/c1-14(15-6-8-16(19)9-7-15)23-18(20-2)21-10-12-27(24,25)22-13-17-5-3-4-11-26-17;/h6-9,14,17,22H,3-5,10-13H2,1-2H3,(H2,20,21,23);1H. The lowest BCUT2D eigenvalue weighted by molar-refractivity contribution is 0.0200. The number of nitrogens with zero attached hydrogens (tertiary/aromatic N) is 1. The molecule has 0 bridgehead atoms. The van der Waals surface area contributed by atoms with E-state index in [0.29, 0.717) is 24.1 Å². The van der Waals surface area contributed by atoms with Crippen LogP contribution in [0.1, 0.15) is 37.8 Å². The van der Waals surface area contributed by atoms with Gasteiger partial charge in [0.15, 0.2) is 5.96 Å². The van der Waals surface area contributed by atoms with Gasteiger partial charge in [-0.05, 0) is 43.9 Å². The molecule has 0 amide bonds. The van der Waals surface area contributed by atoms with E-state index in [1.165, 1.54) is 0 Å². The highest BCUT2D eigenvalue weighted by atomic mass is 127. The first-order valence-electron chi connectivity index (χ1n) is 9.21. The minimum atomic E-state index is -3.36. The van der Waals surface area contributed by atoms with Crippen LogP contribution in [0, 0.1) is 0 Å². The molecule has 1 aromatic carbocycles. The second-order valence-electron chi connectivity index (χ2n) is 6.57. The predicted octanol–water partition coefficient (Wildman–Crippen LogP) is 2.67. The molecule has 1 heterocycles. The van der Waals surface area contributed by atoms with Gasteiger partial charge in [-0.1, -0.05) is 23.7 Å². The number of nitrogens with one attached hydrogen (secondary N) is 3. The molecule has 2 unspecified atom stereocenters. The summed E-state index contributed by atoms with van der Waals surface area (Å²) in [6.07, 6.45) is 3.02. The van der Waals surface area contributed by atoms with Crippen molar-refractivity contribution in [2.24, 2.45) is 4.99 Å². The van der Waals surface area contributed by atoms with Gasteiger partial charge in [0.2, 0.25) is 10.0 Å². The maximum Gasteiger partial charge on any atom is 0.213 e. The molecule has 0 spiro atoms. The Morgan fingerprint density at radius 3 is 2.64 bits per heavy atom. The number of hydrogen-bond donors (Lipinski definition) is 3. The molecule has 2 atom stereocenters. The first-order chi connectivity index (χ1) is 12.9. The molecule has 0 radical (unpaired) electrons. The molecular formula is C18H30ClIN4O3S. The summed E-state index contributed by atoms with van der Waals surface area (Å²) in [6.45, 7) is 3.30. The predicted molar refractivity (Wildman–Crippen MR) is 125 cm³/mol. The molecule has 0 saturated carbocycles. The van der Waals surface area contributed by atoms with Gasteiger partial charge < -0.3 is 15.4 Å². The molecule has 1 fully saturated rings. The van der Waals surface area contributed by atoms with Gasteiger partial charge in [0.1, 0.15) is 0 Å². The number of ether oxygens (including phenoxy) is 1. The summed E-state index contributed by atoms with van der Waals surface area (Å²) in [6, 6.07) is 7.55. The van der Waals surface area contributed by atoms with E-state index < -0.39 is 10.0 Å². The Morgan fingerprint density at radius 2 is 2.04 bits per heavy atom. The molecule has 2 rings (SSSR count). The first-order valence-corrected chi connectivity index (χ1v) is 11.2. The van der Waals surface area contributed by atoms with Gasteiger partial charge in [0, 0.05) is 31.8 Å². The van der Waals surface area contributed by atoms with Gasteiger partial charge in [-0.2, -0.15) is 0 Å². The third-order valence-electron chi connectivity index (χ3n) is 4.41. The van der Waals surface area contributed by atoms with Gasteiger partial charge in [0.25, 0.3) is 0 Å². The zero-order valence-corrected chi connectivity index (χ0v) is 20.2. The van der Waals surface area contributed by atoms with Crippen molar-refractivity contribution in [2.75, 3.05) is 32.5 Å². The molecule has 160 valence electrons. The topological polar surface area (TPSA) is 91.8 Å². The lowest BCUT2D eigenvalue weighted by Gasteiger charge is -2.22. The summed E-state index contributed by atoms with van der Waals surface area (Å²) in [5, 5.41) is 6.96. The highest BCUT2D eigenvalue weighted by molar-refractivity contribution is 14.0. The fourth-order valence-electron chi connectivity index (χ4n) is 2.80. The summed E-state index contributed by atoms with van der Waals surface area (Å²) >= 11 is 5.91. The van der Waals surface area contributed by atoms with E-state index in [4.69, 9.17) is 16.3 Å². The van der Waals surface area contributed by atoms with E-state index in [1.54, 1.807) is 7.05 Å². The molecule has 7 nitrogen and oxygen atoms in total. The highest BCUT2D eigenvalue weighted by Gasteiger charge is 2.17. The second-order valence-corrected chi connectivity index (χ2v) is 8.94. The molecule has 28 heavy (non-hydrogen) atoms. The fourth-order valence-corrected chi connectivity index (χ4v) is 3.88. The Labute approximate surface area is 190 Å². The van der Waals surface area contributed by atoms with Crippen molar-refractivity contribution in [3.8, 4) is 0 Å². The van der Waals surface area contributed by atoms with Gasteiger partial charge in [-0.3, -0.25) is 4.99 Å². The van der Waals surface area contributed by atoms with Crippen LogP contribution in [-0.4, -0.2) is 53.0 Å². The Hall–Kier alpha value is -0.620. The Balaban J connectivity index is 0.00000392. The van der Waals surface area contributed by atoms with Crippen molar-refractivity contribution in [2.45, 2.75) is 38.3 Å². The molecule has 0 aliphatic carbocycles. The number of aliphatic imine (C=N–C) groups is 1. The van der Waals surface area contributed by atoms with E-state index in [-0.39, 0.29) is 48.4 Å². The molecular weight excluding hydrogens is 515 g/mol. The highest BCUT2D eigenvalue weighted by Crippen LogP contribution is 2.15. The van der Waals surface area contributed by atoms with Crippen molar-refractivity contribution in [1.82, 2.24) is 15.4 Å². The van der Waals surface area contributed by atoms with Gasteiger partial charge in [0.05, 0.1) is 17.9 Å². The van der Waals surface area contributed by atoms with Crippen LogP contribution in [0.2, 0.25) is 5.02 Å². The van der Waals surface area contributed by atoms with Crippen molar-refractivity contribution in [3.63, 3.8) is 0 Å². The molecule has 10 heteroatoms. The second kappa shape index (κ2) is 12.8. The summed E-state index contributed by atoms with van der Waals surface area (Å²) < 4.78 is 32.5. The maximum absolute atomic E-state index is 12.1. The molecule has 1 saturated heterocycles. The minimum Gasteiger partial charge on any atom is -0.377 e. The largest absolute Gasteiger partial charge is 0.377 e. The van der Waals surface area contributed by atoms with E-state index in [1.807, 2.05) is 31.2 Å². The van der Waals surface area contributed by atoms with E-state index >= 15 is 0 Å². The van der Waals surface area contributed by atoms with E-state index in [2.05, 4.69) is 20.3 Å². The van der Waals surface area contributed by atoms with Crippen molar-refractivity contribution in [3.05, 3.63) is 34.9 Å². The van der Waals surface area contributed by atoms with Gasteiger partial charge in [-0.25, -0.2) is 13.1 Å². The average molecular weight is 545 g/mol. The van der Waals surface area contributed by atoms with Crippen molar-refractivity contribution < 1.29 is 13.2 Å². The third kappa shape index (κ3) is 9.25. The van der Waals surface area contributed by atoms with Crippen LogP contribution in [0.3, 0.4) is 0 Å². The molecule has 1 aliphatic rings. The first kappa shape index (κ1) is 25.4. The Morgan fingerprint density at radius 1 is 1.32 bits per heavy atom. The Kier molecular flexibility index (Phi) is 11.7. The van der Waals surface area contributed by atoms with Crippen LogP contribution >= 0.6 is 35.6 Å². The lowest BCUT2D eigenvalue weighted by atomic mass is 10.1. The number of sulfonamides is 1. The maximum atomic E-state index is 12.1. The normalized spacial score (nSPS) is 18.8. The zero-order chi connectivity index (χ0) is 19.7. The summed E-state index contributed by atoms with van der Waals surface area (Å²) in [4.78, 5) is 4.14. The molecule has 1 aliphatic heterocycles.